The molecule has 0 saturated heterocycles. The molecule has 3 aromatic rings. The Kier molecular flexibility index (Phi) is 6.14. The first kappa shape index (κ1) is 20.1. The number of aryl methyl sites for hydroxylation is 1. The second kappa shape index (κ2) is 8.56. The Morgan fingerprint density at radius 2 is 2.07 bits per heavy atom. The molecule has 0 aliphatic rings. The van der Waals surface area contributed by atoms with E-state index in [4.69, 9.17) is 15.0 Å². The molecule has 2 heterocycles. The Morgan fingerprint density at radius 1 is 1.29 bits per heavy atom. The van der Waals surface area contributed by atoms with Crippen molar-refractivity contribution in [2.45, 2.75) is 53.6 Å². The minimum atomic E-state index is -0.0529. The van der Waals surface area contributed by atoms with Crippen molar-refractivity contribution in [3.05, 3.63) is 40.1 Å². The van der Waals surface area contributed by atoms with Gasteiger partial charge in [-0.25, -0.2) is 0 Å². The second-order valence-corrected chi connectivity index (χ2v) is 7.39. The molecule has 0 aliphatic heterocycles. The predicted octanol–water partition coefficient (Wildman–Crippen LogP) is 3.65. The van der Waals surface area contributed by atoms with Crippen molar-refractivity contribution in [2.75, 3.05) is 6.61 Å². The molecule has 2 aromatic heterocycles. The lowest BCUT2D eigenvalue weighted by molar-refractivity contribution is 0.304. The number of nitrogens with two attached hydrogens (primary N) is 1. The molecule has 0 saturated carbocycles. The average molecular weight is 384 g/mol. The van der Waals surface area contributed by atoms with E-state index in [0.717, 1.165) is 29.5 Å². The minimum absolute atomic E-state index is 0.0529. The third kappa shape index (κ3) is 3.94. The van der Waals surface area contributed by atoms with Crippen LogP contribution in [0.25, 0.3) is 22.2 Å². The van der Waals surface area contributed by atoms with E-state index in [0.29, 0.717) is 41.9 Å². The standard InChI is InChI=1S/C21H28N4O3/c1-5-6-9-27-19-17-10-15(20-23-14(4)28-24-20)7-8-16(17)21(26)25(12-13(2)3)18(19)11-22/h7-8,10,13H,5-6,9,11-12,22H2,1-4H3. The summed E-state index contributed by atoms with van der Waals surface area (Å²) in [4.78, 5) is 17.5. The molecular weight excluding hydrogens is 356 g/mol. The highest BCUT2D eigenvalue weighted by atomic mass is 16.5. The second-order valence-electron chi connectivity index (χ2n) is 7.39. The van der Waals surface area contributed by atoms with E-state index in [1.807, 2.05) is 18.2 Å². The van der Waals surface area contributed by atoms with Gasteiger partial charge in [0, 0.05) is 31.0 Å². The van der Waals surface area contributed by atoms with Gasteiger partial charge in [-0.2, -0.15) is 4.98 Å². The number of rotatable bonds is 8. The van der Waals surface area contributed by atoms with Crippen LogP contribution in [0.15, 0.2) is 27.5 Å². The number of pyridine rings is 1. The zero-order valence-corrected chi connectivity index (χ0v) is 17.0. The molecule has 0 aliphatic carbocycles. The van der Waals surface area contributed by atoms with Crippen LogP contribution in [0.5, 0.6) is 5.75 Å². The zero-order chi connectivity index (χ0) is 20.3. The minimum Gasteiger partial charge on any atom is -0.491 e. The van der Waals surface area contributed by atoms with Crippen LogP contribution >= 0.6 is 0 Å². The Bertz CT molecular complexity index is 1020. The van der Waals surface area contributed by atoms with Crippen LogP contribution in [0.1, 0.15) is 45.2 Å². The largest absolute Gasteiger partial charge is 0.491 e. The first-order valence-corrected chi connectivity index (χ1v) is 9.79. The number of hydrogen-bond donors (Lipinski definition) is 1. The van der Waals surface area contributed by atoms with Crippen LogP contribution in [0.3, 0.4) is 0 Å². The maximum atomic E-state index is 13.2. The van der Waals surface area contributed by atoms with E-state index in [2.05, 4.69) is 30.9 Å². The van der Waals surface area contributed by atoms with E-state index in [-0.39, 0.29) is 12.1 Å². The van der Waals surface area contributed by atoms with Gasteiger partial charge in [-0.3, -0.25) is 4.79 Å². The lowest BCUT2D eigenvalue weighted by Gasteiger charge is -2.20. The quantitative estimate of drug-likeness (QED) is 0.596. The average Bonchev–Trinajstić information content (AvgIpc) is 3.11. The summed E-state index contributed by atoms with van der Waals surface area (Å²) in [5, 5.41) is 5.33. The molecule has 0 spiro atoms. The fourth-order valence-electron chi connectivity index (χ4n) is 3.26. The van der Waals surface area contributed by atoms with Gasteiger partial charge in [0.15, 0.2) is 0 Å². The van der Waals surface area contributed by atoms with Crippen molar-refractivity contribution in [3.8, 4) is 17.1 Å². The smallest absolute Gasteiger partial charge is 0.258 e. The molecular formula is C21H28N4O3. The zero-order valence-electron chi connectivity index (χ0n) is 17.0. The molecule has 150 valence electrons. The SMILES string of the molecule is CCCCOc1c(CN)n(CC(C)C)c(=O)c2ccc(-c3noc(C)n3)cc12. The first-order valence-electron chi connectivity index (χ1n) is 9.79. The fourth-order valence-corrected chi connectivity index (χ4v) is 3.26. The van der Waals surface area contributed by atoms with Crippen molar-refractivity contribution in [2.24, 2.45) is 11.7 Å². The van der Waals surface area contributed by atoms with Gasteiger partial charge < -0.3 is 19.6 Å². The molecule has 7 nitrogen and oxygen atoms in total. The highest BCUT2D eigenvalue weighted by Crippen LogP contribution is 2.31. The molecule has 0 atom stereocenters. The predicted molar refractivity (Wildman–Crippen MR) is 109 cm³/mol. The van der Waals surface area contributed by atoms with Crippen molar-refractivity contribution in [1.29, 1.82) is 0 Å². The third-order valence-corrected chi connectivity index (χ3v) is 4.60. The highest BCUT2D eigenvalue weighted by molar-refractivity contribution is 5.91. The van der Waals surface area contributed by atoms with Crippen LogP contribution in [-0.4, -0.2) is 21.3 Å². The maximum Gasteiger partial charge on any atom is 0.258 e. The molecule has 0 amide bonds. The van der Waals surface area contributed by atoms with Gasteiger partial charge in [-0.1, -0.05) is 38.4 Å². The molecule has 0 radical (unpaired) electrons. The van der Waals surface area contributed by atoms with E-state index in [9.17, 15) is 4.79 Å². The van der Waals surface area contributed by atoms with E-state index >= 15 is 0 Å². The van der Waals surface area contributed by atoms with Gasteiger partial charge in [0.05, 0.1) is 17.7 Å². The number of ether oxygens (including phenoxy) is 1. The summed E-state index contributed by atoms with van der Waals surface area (Å²) in [6.45, 7) is 9.41. The maximum absolute atomic E-state index is 13.2. The van der Waals surface area contributed by atoms with Crippen molar-refractivity contribution < 1.29 is 9.26 Å². The van der Waals surface area contributed by atoms with Gasteiger partial charge in [-0.15, -0.1) is 0 Å². The summed E-state index contributed by atoms with van der Waals surface area (Å²) in [6, 6.07) is 5.54. The molecule has 0 fully saturated rings. The molecule has 2 N–H and O–H groups in total. The van der Waals surface area contributed by atoms with Crippen LogP contribution in [0.2, 0.25) is 0 Å². The van der Waals surface area contributed by atoms with Crippen molar-refractivity contribution >= 4 is 10.8 Å². The van der Waals surface area contributed by atoms with Crippen LogP contribution in [-0.2, 0) is 13.1 Å². The molecule has 28 heavy (non-hydrogen) atoms. The Morgan fingerprint density at radius 3 is 2.68 bits per heavy atom. The molecule has 7 heteroatoms. The summed E-state index contributed by atoms with van der Waals surface area (Å²) in [5.41, 5.74) is 7.51. The van der Waals surface area contributed by atoms with Crippen LogP contribution in [0, 0.1) is 12.8 Å². The van der Waals surface area contributed by atoms with Crippen LogP contribution < -0.4 is 16.0 Å². The van der Waals surface area contributed by atoms with E-state index < -0.39 is 0 Å². The molecule has 3 rings (SSSR count). The first-order chi connectivity index (χ1) is 13.5. The molecule has 1 aromatic carbocycles. The van der Waals surface area contributed by atoms with Crippen molar-refractivity contribution in [1.82, 2.24) is 14.7 Å². The number of aromatic nitrogens is 3. The summed E-state index contributed by atoms with van der Waals surface area (Å²) in [7, 11) is 0. The number of fused-ring (bicyclic) bond motifs is 1. The topological polar surface area (TPSA) is 96.2 Å². The van der Waals surface area contributed by atoms with E-state index in [1.54, 1.807) is 11.5 Å². The van der Waals surface area contributed by atoms with Gasteiger partial charge in [-0.05, 0) is 24.5 Å². The van der Waals surface area contributed by atoms with Gasteiger partial charge >= 0.3 is 0 Å². The summed E-state index contributed by atoms with van der Waals surface area (Å²) in [6.07, 6.45) is 1.95. The number of nitrogens with zero attached hydrogens (tertiary/aromatic N) is 3. The monoisotopic (exact) mass is 384 g/mol. The number of unbranched alkanes of at least 4 members (excludes halogenated alkanes) is 1. The Labute approximate surface area is 164 Å². The number of hydrogen-bond acceptors (Lipinski definition) is 6. The summed E-state index contributed by atoms with van der Waals surface area (Å²) < 4.78 is 13.0. The van der Waals surface area contributed by atoms with Gasteiger partial charge in [0.2, 0.25) is 11.7 Å². The van der Waals surface area contributed by atoms with Gasteiger partial charge in [0.1, 0.15) is 5.75 Å². The Hall–Kier alpha value is -2.67. The fraction of sp³-hybridized carbons (Fsp3) is 0.476. The van der Waals surface area contributed by atoms with E-state index in [1.165, 1.54) is 0 Å². The third-order valence-electron chi connectivity index (χ3n) is 4.60. The Balaban J connectivity index is 2.25. The molecule has 0 bridgehead atoms. The number of benzene rings is 1. The lowest BCUT2D eigenvalue weighted by Crippen LogP contribution is -2.28. The lowest BCUT2D eigenvalue weighted by atomic mass is 10.0. The van der Waals surface area contributed by atoms with Crippen molar-refractivity contribution in [3.63, 3.8) is 0 Å². The normalized spacial score (nSPS) is 11.5. The highest BCUT2D eigenvalue weighted by Gasteiger charge is 2.19. The van der Waals surface area contributed by atoms with Gasteiger partial charge in [0.25, 0.3) is 5.56 Å². The summed E-state index contributed by atoms with van der Waals surface area (Å²) >= 11 is 0. The molecule has 0 unspecified atom stereocenters. The van der Waals surface area contributed by atoms with Crippen LogP contribution in [0.4, 0.5) is 0 Å². The summed E-state index contributed by atoms with van der Waals surface area (Å²) in [5.74, 6) is 1.96.